The summed E-state index contributed by atoms with van der Waals surface area (Å²) in [5.74, 6) is 0.474. The Hall–Kier alpha value is -2.90. The number of hydrogen-bond donors (Lipinski definition) is 2. The van der Waals surface area contributed by atoms with Crippen molar-refractivity contribution in [2.75, 3.05) is 18.4 Å². The molecule has 1 spiro atoms. The minimum Gasteiger partial charge on any atom is -0.403 e. The van der Waals surface area contributed by atoms with Gasteiger partial charge in [-0.05, 0) is 44.1 Å². The lowest BCUT2D eigenvalue weighted by atomic mass is 9.93. The first-order valence-corrected chi connectivity index (χ1v) is 9.45. The van der Waals surface area contributed by atoms with Crippen LogP contribution in [0.25, 0.3) is 22.4 Å². The normalized spacial score (nSPS) is 19.4. The number of para-hydroxylation sites is 1. The van der Waals surface area contributed by atoms with E-state index in [9.17, 15) is 4.79 Å². The van der Waals surface area contributed by atoms with E-state index in [2.05, 4.69) is 25.7 Å². The maximum absolute atomic E-state index is 12.7. The number of hydrogen-bond acceptors (Lipinski definition) is 6. The van der Waals surface area contributed by atoms with Gasteiger partial charge in [-0.2, -0.15) is 5.10 Å². The first kappa shape index (κ1) is 16.3. The number of benzene rings is 1. The number of piperidine rings is 1. The number of amides is 1. The monoisotopic (exact) mass is 366 g/mol. The molecule has 8 heteroatoms. The van der Waals surface area contributed by atoms with Crippen LogP contribution < -0.4 is 5.32 Å². The quantitative estimate of drug-likeness (QED) is 0.736. The van der Waals surface area contributed by atoms with Gasteiger partial charge in [-0.1, -0.05) is 17.2 Å². The molecular weight excluding hydrogens is 344 g/mol. The smallest absolute Gasteiger partial charge is 0.316 e. The Morgan fingerprint density at radius 3 is 2.85 bits per heavy atom. The van der Waals surface area contributed by atoms with Crippen LogP contribution in [-0.2, 0) is 4.79 Å². The lowest BCUT2D eigenvalue weighted by Crippen LogP contribution is -2.45. The number of fused-ring (bicyclic) bond motifs is 1. The Morgan fingerprint density at radius 2 is 2.07 bits per heavy atom. The number of likely N-dealkylation sites (tertiary alicyclic amines) is 1. The van der Waals surface area contributed by atoms with E-state index >= 15 is 0 Å². The van der Waals surface area contributed by atoms with Gasteiger partial charge >= 0.3 is 6.01 Å². The minimum atomic E-state index is -0.408. The van der Waals surface area contributed by atoms with Crippen molar-refractivity contribution in [2.45, 2.75) is 38.6 Å². The SMILES string of the molecule is C[C@H](Nc1nnc(-c2cccc3cn[nH]c23)o1)C(=O)N1CCC2(CC1)CC2. The fourth-order valence-corrected chi connectivity index (χ4v) is 3.94. The number of aromatic amines is 1. The molecule has 3 heterocycles. The number of aromatic nitrogens is 4. The zero-order valence-corrected chi connectivity index (χ0v) is 15.2. The summed E-state index contributed by atoms with van der Waals surface area (Å²) in [5, 5.41) is 19.2. The molecular formula is C19H22N6O2. The van der Waals surface area contributed by atoms with Gasteiger partial charge in [0.05, 0.1) is 17.3 Å². The van der Waals surface area contributed by atoms with Crippen molar-refractivity contribution in [2.24, 2.45) is 5.41 Å². The molecule has 2 aliphatic rings. The van der Waals surface area contributed by atoms with Crippen LogP contribution in [0.4, 0.5) is 6.01 Å². The largest absolute Gasteiger partial charge is 0.403 e. The summed E-state index contributed by atoms with van der Waals surface area (Å²) < 4.78 is 5.75. The highest BCUT2D eigenvalue weighted by Gasteiger charge is 2.45. The Balaban J connectivity index is 1.27. The maximum atomic E-state index is 12.7. The second kappa shape index (κ2) is 6.07. The Bertz CT molecular complexity index is 979. The van der Waals surface area contributed by atoms with Gasteiger partial charge in [-0.15, -0.1) is 5.10 Å². The molecule has 2 N–H and O–H groups in total. The van der Waals surface area contributed by atoms with E-state index in [-0.39, 0.29) is 11.9 Å². The number of rotatable bonds is 4. The number of carbonyl (C=O) groups is 1. The van der Waals surface area contributed by atoms with Crippen molar-refractivity contribution in [3.63, 3.8) is 0 Å². The second-order valence-electron chi connectivity index (χ2n) is 7.74. The third-order valence-corrected chi connectivity index (χ3v) is 5.94. The fourth-order valence-electron chi connectivity index (χ4n) is 3.94. The molecule has 8 nitrogen and oxygen atoms in total. The topological polar surface area (TPSA) is 99.9 Å². The zero-order valence-electron chi connectivity index (χ0n) is 15.2. The van der Waals surface area contributed by atoms with Crippen molar-refractivity contribution in [1.82, 2.24) is 25.3 Å². The lowest BCUT2D eigenvalue weighted by molar-refractivity contribution is -0.133. The standard InChI is InChI=1S/C19H22N6O2/c1-12(17(26)25-9-7-19(5-6-19)8-10-25)21-18-24-23-16(27-18)14-4-2-3-13-11-20-22-15(13)14/h2-4,11-12H,5-10H2,1H3,(H,20,22)(H,21,24)/t12-/m0/s1. The summed E-state index contributed by atoms with van der Waals surface area (Å²) in [4.78, 5) is 14.7. The predicted molar refractivity (Wildman–Crippen MR) is 100.0 cm³/mol. The maximum Gasteiger partial charge on any atom is 0.316 e. The van der Waals surface area contributed by atoms with Gasteiger partial charge < -0.3 is 14.6 Å². The molecule has 1 saturated carbocycles. The average molecular weight is 366 g/mol. The molecule has 1 aromatic carbocycles. The van der Waals surface area contributed by atoms with Crippen molar-refractivity contribution in [3.8, 4) is 11.5 Å². The van der Waals surface area contributed by atoms with Gasteiger partial charge in [-0.3, -0.25) is 9.89 Å². The van der Waals surface area contributed by atoms with Crippen molar-refractivity contribution in [1.29, 1.82) is 0 Å². The van der Waals surface area contributed by atoms with Crippen LogP contribution in [0.3, 0.4) is 0 Å². The van der Waals surface area contributed by atoms with Gasteiger partial charge in [0.15, 0.2) is 0 Å². The summed E-state index contributed by atoms with van der Waals surface area (Å²) in [6, 6.07) is 5.61. The Labute approximate surface area is 156 Å². The molecule has 3 aromatic rings. The van der Waals surface area contributed by atoms with Gasteiger partial charge in [0.1, 0.15) is 6.04 Å². The average Bonchev–Trinajstić information content (AvgIpc) is 3.10. The van der Waals surface area contributed by atoms with Gasteiger partial charge in [0, 0.05) is 18.5 Å². The molecule has 27 heavy (non-hydrogen) atoms. The van der Waals surface area contributed by atoms with Crippen LogP contribution in [0.1, 0.15) is 32.6 Å². The van der Waals surface area contributed by atoms with Crippen molar-refractivity contribution < 1.29 is 9.21 Å². The third-order valence-electron chi connectivity index (χ3n) is 5.94. The molecule has 1 aliphatic carbocycles. The predicted octanol–water partition coefficient (Wildman–Crippen LogP) is 2.82. The summed E-state index contributed by atoms with van der Waals surface area (Å²) in [6.07, 6.45) is 6.67. The van der Waals surface area contributed by atoms with E-state index in [0.717, 1.165) is 42.4 Å². The summed E-state index contributed by atoms with van der Waals surface area (Å²) in [6.45, 7) is 3.53. The Morgan fingerprint density at radius 1 is 1.26 bits per heavy atom. The number of carbonyl (C=O) groups excluding carboxylic acids is 1. The van der Waals surface area contributed by atoms with Crippen LogP contribution in [0.2, 0.25) is 0 Å². The highest BCUT2D eigenvalue weighted by Crippen LogP contribution is 2.53. The first-order chi connectivity index (χ1) is 13.1. The molecule has 140 valence electrons. The van der Waals surface area contributed by atoms with Gasteiger partial charge in [0.2, 0.25) is 5.91 Å². The number of H-pyrrole nitrogens is 1. The van der Waals surface area contributed by atoms with Crippen molar-refractivity contribution in [3.05, 3.63) is 24.4 Å². The molecule has 0 radical (unpaired) electrons. The number of anilines is 1. The molecule has 1 amide bonds. The van der Waals surface area contributed by atoms with Gasteiger partial charge in [0.25, 0.3) is 5.89 Å². The van der Waals surface area contributed by atoms with E-state index in [4.69, 9.17) is 4.42 Å². The van der Waals surface area contributed by atoms with Crippen LogP contribution in [-0.4, -0.2) is 50.3 Å². The van der Waals surface area contributed by atoms with E-state index in [1.54, 1.807) is 6.20 Å². The lowest BCUT2D eigenvalue weighted by Gasteiger charge is -2.33. The molecule has 2 aromatic heterocycles. The van der Waals surface area contributed by atoms with E-state index in [1.807, 2.05) is 30.0 Å². The molecule has 0 bridgehead atoms. The zero-order chi connectivity index (χ0) is 18.4. The van der Waals surface area contributed by atoms with Crippen LogP contribution >= 0.6 is 0 Å². The summed E-state index contributed by atoms with van der Waals surface area (Å²) >= 11 is 0. The molecule has 1 atom stereocenters. The van der Waals surface area contributed by atoms with Crippen LogP contribution in [0, 0.1) is 5.41 Å². The van der Waals surface area contributed by atoms with Gasteiger partial charge in [-0.25, -0.2) is 0 Å². The fraction of sp³-hybridized carbons (Fsp3) is 0.474. The molecule has 1 aliphatic heterocycles. The number of nitrogens with zero attached hydrogens (tertiary/aromatic N) is 4. The van der Waals surface area contributed by atoms with E-state index in [1.165, 1.54) is 12.8 Å². The molecule has 0 unspecified atom stereocenters. The minimum absolute atomic E-state index is 0.0842. The molecule has 1 saturated heterocycles. The number of nitrogens with one attached hydrogen (secondary N) is 2. The molecule has 2 fully saturated rings. The molecule has 5 rings (SSSR count). The third kappa shape index (κ3) is 2.94. The summed E-state index contributed by atoms with van der Waals surface area (Å²) in [5.41, 5.74) is 2.19. The summed E-state index contributed by atoms with van der Waals surface area (Å²) in [7, 11) is 0. The van der Waals surface area contributed by atoms with E-state index < -0.39 is 6.04 Å². The highest BCUT2D eigenvalue weighted by atomic mass is 16.4. The van der Waals surface area contributed by atoms with Crippen LogP contribution in [0.5, 0.6) is 0 Å². The second-order valence-corrected chi connectivity index (χ2v) is 7.74. The van der Waals surface area contributed by atoms with Crippen molar-refractivity contribution >= 4 is 22.8 Å². The highest BCUT2D eigenvalue weighted by molar-refractivity contribution is 5.91. The van der Waals surface area contributed by atoms with E-state index in [0.29, 0.717) is 11.3 Å². The van der Waals surface area contributed by atoms with Crippen LogP contribution in [0.15, 0.2) is 28.8 Å². The first-order valence-electron chi connectivity index (χ1n) is 9.45. The Kier molecular flexibility index (Phi) is 3.66.